The maximum atomic E-state index is 12.1. The predicted molar refractivity (Wildman–Crippen MR) is 79.8 cm³/mol. The van der Waals surface area contributed by atoms with Crippen molar-refractivity contribution < 1.29 is 9.59 Å². The summed E-state index contributed by atoms with van der Waals surface area (Å²) in [5.41, 5.74) is 0. The van der Waals surface area contributed by atoms with Crippen LogP contribution < -0.4 is 0 Å². The Bertz CT molecular complexity index is 645. The molecule has 3 aromatic heterocycles. The van der Waals surface area contributed by atoms with Gasteiger partial charge in [0.25, 0.3) is 0 Å². The molecule has 0 N–H and O–H groups in total. The van der Waals surface area contributed by atoms with Crippen LogP contribution in [0.3, 0.4) is 0 Å². The number of carbonyl (C=O) groups excluding carboxylic acids is 2. The van der Waals surface area contributed by atoms with Crippen molar-refractivity contribution in [2.24, 2.45) is 0 Å². The molecule has 0 unspecified atom stereocenters. The lowest BCUT2D eigenvalue weighted by Crippen LogP contribution is -1.95. The molecule has 0 atom stereocenters. The summed E-state index contributed by atoms with van der Waals surface area (Å²) in [4.78, 5) is 26.9. The van der Waals surface area contributed by atoms with Crippen LogP contribution in [0, 0.1) is 0 Å². The summed E-state index contributed by atoms with van der Waals surface area (Å²) in [5.74, 6) is -0.0181. The highest BCUT2D eigenvalue weighted by Gasteiger charge is 2.17. The Morgan fingerprint density at radius 2 is 1.16 bits per heavy atom. The van der Waals surface area contributed by atoms with Crippen LogP contribution in [0.15, 0.2) is 47.2 Å². The average molecular weight is 304 g/mol. The summed E-state index contributed by atoms with van der Waals surface area (Å²) >= 11 is 4.09. The van der Waals surface area contributed by atoms with Crippen molar-refractivity contribution in [2.45, 2.75) is 0 Å². The highest BCUT2D eigenvalue weighted by Crippen LogP contribution is 2.25. The van der Waals surface area contributed by atoms with Gasteiger partial charge in [-0.2, -0.15) is 0 Å². The first-order valence-electron chi connectivity index (χ1n) is 5.52. The van der Waals surface area contributed by atoms with Gasteiger partial charge in [-0.3, -0.25) is 9.59 Å². The van der Waals surface area contributed by atoms with E-state index in [1.54, 1.807) is 24.3 Å². The van der Waals surface area contributed by atoms with Crippen LogP contribution in [0.2, 0.25) is 0 Å². The Hall–Kier alpha value is -1.56. The molecule has 3 heterocycles. The molecule has 3 aromatic rings. The molecule has 0 aromatic carbocycles. The molecule has 0 amide bonds. The van der Waals surface area contributed by atoms with Crippen molar-refractivity contribution in [1.29, 1.82) is 0 Å². The predicted octanol–water partition coefficient (Wildman–Crippen LogP) is 4.33. The van der Waals surface area contributed by atoms with Crippen LogP contribution >= 0.6 is 34.0 Å². The number of thiophene rings is 3. The van der Waals surface area contributed by atoms with E-state index in [4.69, 9.17) is 0 Å². The van der Waals surface area contributed by atoms with Gasteiger partial charge in [0.1, 0.15) is 0 Å². The molecule has 0 saturated carbocycles. The molecule has 0 aliphatic carbocycles. The molecular formula is C14H8O2S3. The number of hydrogen-bond acceptors (Lipinski definition) is 5. The van der Waals surface area contributed by atoms with Gasteiger partial charge in [0.2, 0.25) is 11.6 Å². The molecule has 0 bridgehead atoms. The standard InChI is InChI=1S/C14H8O2S3/c15-13(9-3-1-7-17-9)11-5-6-12(19-11)14(16)10-4-2-8-18-10/h1-8H. The smallest absolute Gasteiger partial charge is 0.212 e. The highest BCUT2D eigenvalue weighted by molar-refractivity contribution is 7.19. The SMILES string of the molecule is O=C(c1cccs1)c1ccc(C(=O)c2cccs2)s1. The lowest BCUT2D eigenvalue weighted by molar-refractivity contribution is 0.103. The molecule has 0 saturated heterocycles. The highest BCUT2D eigenvalue weighted by atomic mass is 32.1. The topological polar surface area (TPSA) is 34.1 Å². The lowest BCUT2D eigenvalue weighted by atomic mass is 10.2. The van der Waals surface area contributed by atoms with E-state index in [0.29, 0.717) is 19.5 Å². The Labute approximate surface area is 122 Å². The van der Waals surface area contributed by atoms with Crippen LogP contribution in [0.5, 0.6) is 0 Å². The van der Waals surface area contributed by atoms with Gasteiger partial charge in [0.15, 0.2) is 0 Å². The fourth-order valence-electron chi connectivity index (χ4n) is 1.64. The van der Waals surface area contributed by atoms with Gasteiger partial charge in [-0.15, -0.1) is 34.0 Å². The summed E-state index contributed by atoms with van der Waals surface area (Å²) < 4.78 is 0. The van der Waals surface area contributed by atoms with E-state index >= 15 is 0 Å². The van der Waals surface area contributed by atoms with E-state index in [1.807, 2.05) is 22.9 Å². The minimum Gasteiger partial charge on any atom is -0.287 e. The normalized spacial score (nSPS) is 10.5. The molecule has 5 heteroatoms. The molecule has 0 aliphatic rings. The van der Waals surface area contributed by atoms with E-state index in [0.717, 1.165) is 0 Å². The number of rotatable bonds is 4. The van der Waals surface area contributed by atoms with E-state index in [1.165, 1.54) is 34.0 Å². The molecule has 0 aliphatic heterocycles. The summed E-state index contributed by atoms with van der Waals surface area (Å²) in [6.07, 6.45) is 0. The zero-order chi connectivity index (χ0) is 13.2. The Kier molecular flexibility index (Phi) is 3.42. The van der Waals surface area contributed by atoms with Gasteiger partial charge in [-0.1, -0.05) is 12.1 Å². The minimum atomic E-state index is -0.00905. The van der Waals surface area contributed by atoms with Crippen LogP contribution in [-0.4, -0.2) is 11.6 Å². The van der Waals surface area contributed by atoms with Crippen molar-refractivity contribution in [3.8, 4) is 0 Å². The first-order valence-corrected chi connectivity index (χ1v) is 8.09. The van der Waals surface area contributed by atoms with Crippen molar-refractivity contribution >= 4 is 45.6 Å². The monoisotopic (exact) mass is 304 g/mol. The molecule has 0 radical (unpaired) electrons. The van der Waals surface area contributed by atoms with Crippen LogP contribution in [0.4, 0.5) is 0 Å². The van der Waals surface area contributed by atoms with E-state index in [2.05, 4.69) is 0 Å². The van der Waals surface area contributed by atoms with Gasteiger partial charge in [0.05, 0.1) is 19.5 Å². The Morgan fingerprint density at radius 3 is 1.53 bits per heavy atom. The van der Waals surface area contributed by atoms with Crippen LogP contribution in [0.25, 0.3) is 0 Å². The third-order valence-electron chi connectivity index (χ3n) is 2.54. The van der Waals surface area contributed by atoms with Gasteiger partial charge in [0, 0.05) is 0 Å². The van der Waals surface area contributed by atoms with Crippen molar-refractivity contribution in [1.82, 2.24) is 0 Å². The zero-order valence-corrected chi connectivity index (χ0v) is 12.1. The Balaban J connectivity index is 1.88. The second-order valence-electron chi connectivity index (χ2n) is 3.78. The van der Waals surface area contributed by atoms with Crippen LogP contribution in [0.1, 0.15) is 29.1 Å². The van der Waals surface area contributed by atoms with Gasteiger partial charge in [-0.25, -0.2) is 0 Å². The van der Waals surface area contributed by atoms with Crippen molar-refractivity contribution in [3.05, 3.63) is 66.7 Å². The second-order valence-corrected chi connectivity index (χ2v) is 6.76. The maximum Gasteiger partial charge on any atom is 0.212 e. The number of carbonyl (C=O) groups is 2. The second kappa shape index (κ2) is 5.21. The van der Waals surface area contributed by atoms with Gasteiger partial charge < -0.3 is 0 Å². The third-order valence-corrected chi connectivity index (χ3v) is 5.36. The molecule has 0 spiro atoms. The van der Waals surface area contributed by atoms with Gasteiger partial charge in [-0.05, 0) is 35.0 Å². The number of hydrogen-bond donors (Lipinski definition) is 0. The third kappa shape index (κ3) is 2.45. The lowest BCUT2D eigenvalue weighted by Gasteiger charge is -1.93. The quantitative estimate of drug-likeness (QED) is 0.672. The van der Waals surface area contributed by atoms with Crippen molar-refractivity contribution in [2.75, 3.05) is 0 Å². The summed E-state index contributed by atoms with van der Waals surface area (Å²) in [7, 11) is 0. The van der Waals surface area contributed by atoms with E-state index in [9.17, 15) is 9.59 Å². The summed E-state index contributed by atoms with van der Waals surface area (Å²) in [6.45, 7) is 0. The molecule has 0 fully saturated rings. The molecular weight excluding hydrogens is 296 g/mol. The van der Waals surface area contributed by atoms with E-state index < -0.39 is 0 Å². The first kappa shape index (κ1) is 12.5. The fraction of sp³-hybridized carbons (Fsp3) is 0. The van der Waals surface area contributed by atoms with Crippen LogP contribution in [-0.2, 0) is 0 Å². The zero-order valence-electron chi connectivity index (χ0n) is 9.66. The average Bonchev–Trinajstić information content (AvgIpc) is 3.16. The summed E-state index contributed by atoms with van der Waals surface area (Å²) in [6, 6.07) is 10.8. The first-order chi connectivity index (χ1) is 9.25. The largest absolute Gasteiger partial charge is 0.287 e. The minimum absolute atomic E-state index is 0.00905. The van der Waals surface area contributed by atoms with Crippen molar-refractivity contribution in [3.63, 3.8) is 0 Å². The molecule has 94 valence electrons. The maximum absolute atomic E-state index is 12.1. The number of ketones is 2. The molecule has 3 rings (SSSR count). The van der Waals surface area contributed by atoms with Gasteiger partial charge >= 0.3 is 0 Å². The molecule has 19 heavy (non-hydrogen) atoms. The Morgan fingerprint density at radius 1 is 0.684 bits per heavy atom. The van der Waals surface area contributed by atoms with E-state index in [-0.39, 0.29) is 11.6 Å². The molecule has 2 nitrogen and oxygen atoms in total. The fourth-order valence-corrected chi connectivity index (χ4v) is 4.04. The summed E-state index contributed by atoms with van der Waals surface area (Å²) in [5, 5.41) is 3.75.